The Hall–Kier alpha value is -1.13. The number of Topliss-reactive ketones (excluding diaryl/α,β-unsaturated/α-hetero) is 1. The maximum absolute atomic E-state index is 12.1. The molecule has 94 valence electrons. The molecule has 1 aromatic carbocycles. The van der Waals surface area contributed by atoms with E-state index in [9.17, 15) is 4.79 Å². The predicted molar refractivity (Wildman–Crippen MR) is 75.0 cm³/mol. The van der Waals surface area contributed by atoms with E-state index < -0.39 is 0 Å². The van der Waals surface area contributed by atoms with Gasteiger partial charge in [-0.05, 0) is 40.0 Å². The van der Waals surface area contributed by atoms with E-state index in [0.717, 1.165) is 10.0 Å². The molecule has 2 rings (SSSR count). The van der Waals surface area contributed by atoms with Gasteiger partial charge in [0.2, 0.25) is 0 Å². The van der Waals surface area contributed by atoms with Crippen molar-refractivity contribution in [1.29, 1.82) is 0 Å². The van der Waals surface area contributed by atoms with Crippen LogP contribution in [0.2, 0.25) is 5.02 Å². The number of rotatable bonds is 4. The molecule has 0 radical (unpaired) electrons. The SMILES string of the molecule is Cn1cc(CCC(=O)c2cccc(Br)c2Cl)cn1. The van der Waals surface area contributed by atoms with E-state index in [1.54, 1.807) is 16.9 Å². The third-order valence-corrected chi connectivity index (χ3v) is 3.95. The fourth-order valence-corrected chi connectivity index (χ4v) is 2.31. The van der Waals surface area contributed by atoms with Gasteiger partial charge in [0.1, 0.15) is 0 Å². The van der Waals surface area contributed by atoms with Crippen molar-refractivity contribution in [2.75, 3.05) is 0 Å². The van der Waals surface area contributed by atoms with Gasteiger partial charge in [0.05, 0.1) is 11.2 Å². The van der Waals surface area contributed by atoms with Crippen molar-refractivity contribution in [2.24, 2.45) is 7.05 Å². The molecule has 2 aromatic rings. The number of carbonyl (C=O) groups is 1. The van der Waals surface area contributed by atoms with Crippen molar-refractivity contribution in [2.45, 2.75) is 12.8 Å². The molecule has 0 aliphatic carbocycles. The van der Waals surface area contributed by atoms with Crippen molar-refractivity contribution in [3.05, 3.63) is 51.2 Å². The van der Waals surface area contributed by atoms with Crippen LogP contribution in [0.25, 0.3) is 0 Å². The highest BCUT2D eigenvalue weighted by atomic mass is 79.9. The van der Waals surface area contributed by atoms with E-state index in [0.29, 0.717) is 23.4 Å². The zero-order valence-corrected chi connectivity index (χ0v) is 12.2. The zero-order chi connectivity index (χ0) is 13.1. The van der Waals surface area contributed by atoms with Gasteiger partial charge in [-0.15, -0.1) is 0 Å². The Morgan fingerprint density at radius 2 is 2.28 bits per heavy atom. The molecule has 18 heavy (non-hydrogen) atoms. The van der Waals surface area contributed by atoms with Crippen LogP contribution in [0.4, 0.5) is 0 Å². The highest BCUT2D eigenvalue weighted by Crippen LogP contribution is 2.27. The average molecular weight is 328 g/mol. The van der Waals surface area contributed by atoms with Crippen LogP contribution in [0, 0.1) is 0 Å². The van der Waals surface area contributed by atoms with Crippen molar-refractivity contribution in [3.63, 3.8) is 0 Å². The van der Waals surface area contributed by atoms with Gasteiger partial charge in [-0.25, -0.2) is 0 Å². The number of aromatic nitrogens is 2. The molecule has 0 spiro atoms. The van der Waals surface area contributed by atoms with Crippen molar-refractivity contribution in [1.82, 2.24) is 9.78 Å². The Balaban J connectivity index is 2.06. The normalized spacial score (nSPS) is 10.6. The molecular weight excluding hydrogens is 316 g/mol. The molecular formula is C13H12BrClN2O. The van der Waals surface area contributed by atoms with Gasteiger partial charge in [-0.1, -0.05) is 17.7 Å². The molecule has 0 N–H and O–H groups in total. The number of hydrogen-bond donors (Lipinski definition) is 0. The lowest BCUT2D eigenvalue weighted by atomic mass is 10.0. The van der Waals surface area contributed by atoms with E-state index in [1.807, 2.05) is 25.4 Å². The van der Waals surface area contributed by atoms with Gasteiger partial charge < -0.3 is 0 Å². The first-order valence-electron chi connectivity index (χ1n) is 5.52. The number of nitrogens with zero attached hydrogens (tertiary/aromatic N) is 2. The first kappa shape index (κ1) is 13.3. The quantitative estimate of drug-likeness (QED) is 0.803. The summed E-state index contributed by atoms with van der Waals surface area (Å²) in [6.07, 6.45) is 4.79. The van der Waals surface area contributed by atoms with Crippen molar-refractivity contribution < 1.29 is 4.79 Å². The summed E-state index contributed by atoms with van der Waals surface area (Å²) in [5.74, 6) is 0.0464. The molecule has 1 heterocycles. The first-order chi connectivity index (χ1) is 8.58. The molecule has 0 atom stereocenters. The third kappa shape index (κ3) is 3.00. The second-order valence-corrected chi connectivity index (χ2v) is 5.28. The predicted octanol–water partition coefficient (Wildman–Crippen LogP) is 3.65. The lowest BCUT2D eigenvalue weighted by Gasteiger charge is -2.04. The van der Waals surface area contributed by atoms with Crippen LogP contribution in [0.3, 0.4) is 0 Å². The van der Waals surface area contributed by atoms with E-state index in [4.69, 9.17) is 11.6 Å². The number of ketones is 1. The lowest BCUT2D eigenvalue weighted by molar-refractivity contribution is 0.0983. The number of hydrogen-bond acceptors (Lipinski definition) is 2. The first-order valence-corrected chi connectivity index (χ1v) is 6.70. The van der Waals surface area contributed by atoms with Gasteiger partial charge in [0, 0.05) is 29.7 Å². The topological polar surface area (TPSA) is 34.9 Å². The molecule has 0 fully saturated rings. The molecule has 0 amide bonds. The molecule has 0 aliphatic heterocycles. The van der Waals surface area contributed by atoms with Gasteiger partial charge in [0.15, 0.2) is 5.78 Å². The smallest absolute Gasteiger partial charge is 0.164 e. The maximum atomic E-state index is 12.1. The molecule has 0 aliphatic rings. The van der Waals surface area contributed by atoms with E-state index in [1.165, 1.54) is 0 Å². The fraction of sp³-hybridized carbons (Fsp3) is 0.231. The van der Waals surface area contributed by atoms with E-state index in [-0.39, 0.29) is 5.78 Å². The minimum absolute atomic E-state index is 0.0464. The van der Waals surface area contributed by atoms with Crippen LogP contribution in [0.1, 0.15) is 22.3 Å². The molecule has 5 heteroatoms. The second-order valence-electron chi connectivity index (χ2n) is 4.05. The Morgan fingerprint density at radius 3 is 2.94 bits per heavy atom. The number of aryl methyl sites for hydroxylation is 2. The number of halogens is 2. The van der Waals surface area contributed by atoms with Crippen molar-refractivity contribution in [3.8, 4) is 0 Å². The Kier molecular flexibility index (Phi) is 4.19. The van der Waals surface area contributed by atoms with Crippen LogP contribution in [0.5, 0.6) is 0 Å². The summed E-state index contributed by atoms with van der Waals surface area (Å²) in [7, 11) is 1.86. The molecule has 0 bridgehead atoms. The van der Waals surface area contributed by atoms with Crippen molar-refractivity contribution >= 4 is 33.3 Å². The molecule has 1 aromatic heterocycles. The molecule has 0 unspecified atom stereocenters. The van der Waals surface area contributed by atoms with Gasteiger partial charge in [-0.2, -0.15) is 5.10 Å². The molecule has 3 nitrogen and oxygen atoms in total. The highest BCUT2D eigenvalue weighted by Gasteiger charge is 2.12. The van der Waals surface area contributed by atoms with Crippen LogP contribution in [-0.2, 0) is 13.5 Å². The summed E-state index contributed by atoms with van der Waals surface area (Å²) in [5.41, 5.74) is 1.62. The Labute approximate surface area is 119 Å². The summed E-state index contributed by atoms with van der Waals surface area (Å²) in [6, 6.07) is 5.38. The summed E-state index contributed by atoms with van der Waals surface area (Å²) in [5, 5.41) is 4.55. The molecule has 0 saturated heterocycles. The summed E-state index contributed by atoms with van der Waals surface area (Å²) in [4.78, 5) is 12.1. The highest BCUT2D eigenvalue weighted by molar-refractivity contribution is 9.10. The van der Waals surface area contributed by atoms with Crippen LogP contribution >= 0.6 is 27.5 Å². The maximum Gasteiger partial charge on any atom is 0.164 e. The third-order valence-electron chi connectivity index (χ3n) is 2.65. The van der Waals surface area contributed by atoms with Crippen LogP contribution < -0.4 is 0 Å². The summed E-state index contributed by atoms with van der Waals surface area (Å²) in [6.45, 7) is 0. The number of carbonyl (C=O) groups excluding carboxylic acids is 1. The summed E-state index contributed by atoms with van der Waals surface area (Å²) < 4.78 is 2.47. The van der Waals surface area contributed by atoms with Gasteiger partial charge in [0.25, 0.3) is 0 Å². The van der Waals surface area contributed by atoms with E-state index in [2.05, 4.69) is 21.0 Å². The van der Waals surface area contributed by atoms with Crippen LogP contribution in [0.15, 0.2) is 35.1 Å². The fourth-order valence-electron chi connectivity index (χ4n) is 1.71. The largest absolute Gasteiger partial charge is 0.294 e. The van der Waals surface area contributed by atoms with Crippen LogP contribution in [-0.4, -0.2) is 15.6 Å². The van der Waals surface area contributed by atoms with Gasteiger partial charge in [-0.3, -0.25) is 9.48 Å². The minimum atomic E-state index is 0.0464. The monoisotopic (exact) mass is 326 g/mol. The summed E-state index contributed by atoms with van der Waals surface area (Å²) >= 11 is 9.41. The van der Waals surface area contributed by atoms with E-state index >= 15 is 0 Å². The zero-order valence-electron chi connectivity index (χ0n) is 9.86. The standard InChI is InChI=1S/C13H12BrClN2O/c1-17-8-9(7-16-17)5-6-12(18)10-3-2-4-11(14)13(10)15/h2-4,7-8H,5-6H2,1H3. The van der Waals surface area contributed by atoms with Gasteiger partial charge >= 0.3 is 0 Å². The molecule has 0 saturated carbocycles. The number of benzene rings is 1. The second kappa shape index (κ2) is 5.67. The average Bonchev–Trinajstić information content (AvgIpc) is 2.76. The minimum Gasteiger partial charge on any atom is -0.294 e. The lowest BCUT2D eigenvalue weighted by Crippen LogP contribution is -2.02. The Bertz CT molecular complexity index is 580. The Morgan fingerprint density at radius 1 is 1.50 bits per heavy atom.